The standard InChI is InChI=1S/C31H24N2O7S/c1-18(34)19-10-13-22(14-11-19)32-29(36)27(20-6-3-2-4-7-20)41-24-9-5-8-23(17-24)33-28(35)25-15-12-21(30(37)38)16-26(25)31(39)40/h2-17,27H,1H3,(H,32,36)(H,33,35)(H,37,38)(H,39,40). The molecule has 0 aliphatic rings. The fraction of sp³-hybridized carbons (Fsp3) is 0.0645. The minimum atomic E-state index is -1.43. The van der Waals surface area contributed by atoms with Crippen LogP contribution in [-0.4, -0.2) is 39.7 Å². The summed E-state index contributed by atoms with van der Waals surface area (Å²) < 4.78 is 0. The number of carbonyl (C=O) groups excluding carboxylic acids is 3. The second-order valence-corrected chi connectivity index (χ2v) is 10.1. The van der Waals surface area contributed by atoms with Gasteiger partial charge in [-0.15, -0.1) is 11.8 Å². The number of carboxylic acid groups (broad SMARTS) is 2. The molecule has 0 saturated heterocycles. The summed E-state index contributed by atoms with van der Waals surface area (Å²) in [6.45, 7) is 1.46. The van der Waals surface area contributed by atoms with E-state index in [0.717, 1.165) is 23.8 Å². The SMILES string of the molecule is CC(=O)c1ccc(NC(=O)C(Sc2cccc(NC(=O)c3ccc(C(=O)O)cc3C(=O)O)c2)c2ccccc2)cc1. The predicted molar refractivity (Wildman–Crippen MR) is 155 cm³/mol. The van der Waals surface area contributed by atoms with Gasteiger partial charge in [-0.1, -0.05) is 36.4 Å². The van der Waals surface area contributed by atoms with Crippen LogP contribution < -0.4 is 10.6 Å². The van der Waals surface area contributed by atoms with Gasteiger partial charge in [0, 0.05) is 21.8 Å². The minimum absolute atomic E-state index is 0.0796. The van der Waals surface area contributed by atoms with Gasteiger partial charge in [-0.25, -0.2) is 9.59 Å². The fourth-order valence-electron chi connectivity index (χ4n) is 3.93. The molecule has 9 nitrogen and oxygen atoms in total. The summed E-state index contributed by atoms with van der Waals surface area (Å²) in [5.41, 5.74) is 1.27. The third-order valence-electron chi connectivity index (χ3n) is 5.99. The molecule has 0 saturated carbocycles. The molecule has 0 aromatic heterocycles. The molecule has 0 radical (unpaired) electrons. The summed E-state index contributed by atoms with van der Waals surface area (Å²) in [5, 5.41) is 23.5. The zero-order valence-electron chi connectivity index (χ0n) is 21.7. The van der Waals surface area contributed by atoms with E-state index in [-0.39, 0.29) is 22.8 Å². The zero-order chi connectivity index (χ0) is 29.5. The molecular weight excluding hydrogens is 544 g/mol. The average molecular weight is 569 g/mol. The molecule has 2 amide bonds. The maximum Gasteiger partial charge on any atom is 0.336 e. The van der Waals surface area contributed by atoms with Crippen molar-refractivity contribution in [3.8, 4) is 0 Å². The number of hydrogen-bond acceptors (Lipinski definition) is 6. The molecule has 0 aliphatic heterocycles. The third kappa shape index (κ3) is 7.25. The number of nitrogens with one attached hydrogen (secondary N) is 2. The molecule has 0 heterocycles. The summed E-state index contributed by atoms with van der Waals surface area (Å²) in [7, 11) is 0. The van der Waals surface area contributed by atoms with Crippen LogP contribution in [0.1, 0.15) is 59.2 Å². The van der Waals surface area contributed by atoms with Crippen molar-refractivity contribution in [2.24, 2.45) is 0 Å². The van der Waals surface area contributed by atoms with Crippen LogP contribution in [0.2, 0.25) is 0 Å². The van der Waals surface area contributed by atoms with Crippen molar-refractivity contribution < 1.29 is 34.2 Å². The smallest absolute Gasteiger partial charge is 0.336 e. The number of aromatic carboxylic acids is 2. The van der Waals surface area contributed by atoms with Crippen LogP contribution in [0.25, 0.3) is 0 Å². The van der Waals surface area contributed by atoms with Crippen molar-refractivity contribution in [2.45, 2.75) is 17.1 Å². The largest absolute Gasteiger partial charge is 0.478 e. The Hall–Kier alpha value is -5.22. The summed E-state index contributed by atoms with van der Waals surface area (Å²) in [5.74, 6) is -3.85. The van der Waals surface area contributed by atoms with Crippen molar-refractivity contribution in [3.63, 3.8) is 0 Å². The number of carboxylic acids is 2. The van der Waals surface area contributed by atoms with Gasteiger partial charge in [0.25, 0.3) is 5.91 Å². The second kappa shape index (κ2) is 12.8. The molecule has 4 N–H and O–H groups in total. The molecule has 4 rings (SSSR count). The van der Waals surface area contributed by atoms with Gasteiger partial charge in [-0.3, -0.25) is 14.4 Å². The van der Waals surface area contributed by atoms with E-state index < -0.39 is 28.7 Å². The van der Waals surface area contributed by atoms with Crippen LogP contribution >= 0.6 is 11.8 Å². The van der Waals surface area contributed by atoms with E-state index in [1.165, 1.54) is 18.7 Å². The van der Waals surface area contributed by atoms with Crippen molar-refractivity contribution >= 4 is 52.7 Å². The summed E-state index contributed by atoms with van der Waals surface area (Å²) in [4.78, 5) is 61.5. The highest BCUT2D eigenvalue weighted by atomic mass is 32.2. The van der Waals surface area contributed by atoms with E-state index in [9.17, 15) is 29.1 Å². The lowest BCUT2D eigenvalue weighted by molar-refractivity contribution is -0.115. The molecule has 4 aromatic rings. The second-order valence-electron chi connectivity index (χ2n) is 8.88. The van der Waals surface area contributed by atoms with Gasteiger partial charge in [-0.05, 0) is 73.2 Å². The number of benzene rings is 4. The van der Waals surface area contributed by atoms with Gasteiger partial charge in [0.2, 0.25) is 5.91 Å². The van der Waals surface area contributed by atoms with Gasteiger partial charge in [0.15, 0.2) is 5.78 Å². The maximum absolute atomic E-state index is 13.4. The Kier molecular flexibility index (Phi) is 8.95. The topological polar surface area (TPSA) is 150 Å². The zero-order valence-corrected chi connectivity index (χ0v) is 22.5. The first-order chi connectivity index (χ1) is 19.6. The lowest BCUT2D eigenvalue weighted by Gasteiger charge is -2.18. The number of carbonyl (C=O) groups is 5. The summed E-state index contributed by atoms with van der Waals surface area (Å²) >= 11 is 1.25. The average Bonchev–Trinajstić information content (AvgIpc) is 2.96. The van der Waals surface area contributed by atoms with Crippen molar-refractivity contribution in [1.82, 2.24) is 0 Å². The first kappa shape index (κ1) is 28.8. The van der Waals surface area contributed by atoms with E-state index >= 15 is 0 Å². The summed E-state index contributed by atoms with van der Waals surface area (Å²) in [6.07, 6.45) is 0. The normalized spacial score (nSPS) is 11.2. The van der Waals surface area contributed by atoms with Gasteiger partial charge in [0.05, 0.1) is 16.7 Å². The highest BCUT2D eigenvalue weighted by molar-refractivity contribution is 8.00. The molecule has 0 bridgehead atoms. The molecular formula is C31H24N2O7S. The van der Waals surface area contributed by atoms with E-state index in [0.29, 0.717) is 21.8 Å². The van der Waals surface area contributed by atoms with E-state index in [4.69, 9.17) is 5.11 Å². The highest BCUT2D eigenvalue weighted by Gasteiger charge is 2.23. The number of rotatable bonds is 10. The van der Waals surface area contributed by atoms with E-state index in [1.807, 2.05) is 30.3 Å². The maximum atomic E-state index is 13.4. The van der Waals surface area contributed by atoms with Crippen molar-refractivity contribution in [2.75, 3.05) is 10.6 Å². The molecule has 10 heteroatoms. The van der Waals surface area contributed by atoms with Crippen molar-refractivity contribution in [3.05, 3.63) is 125 Å². The Morgan fingerprint density at radius 1 is 0.659 bits per heavy atom. The van der Waals surface area contributed by atoms with Crippen LogP contribution in [0, 0.1) is 0 Å². The third-order valence-corrected chi connectivity index (χ3v) is 7.23. The molecule has 1 unspecified atom stereocenters. The molecule has 1 atom stereocenters. The molecule has 41 heavy (non-hydrogen) atoms. The highest BCUT2D eigenvalue weighted by Crippen LogP contribution is 2.37. The van der Waals surface area contributed by atoms with Crippen LogP contribution in [0.4, 0.5) is 11.4 Å². The molecule has 0 fully saturated rings. The lowest BCUT2D eigenvalue weighted by atomic mass is 10.0. The van der Waals surface area contributed by atoms with Gasteiger partial charge < -0.3 is 20.8 Å². The molecule has 206 valence electrons. The van der Waals surface area contributed by atoms with Crippen LogP contribution in [0.5, 0.6) is 0 Å². The predicted octanol–water partition coefficient (Wildman–Crippen LogP) is 6.01. The Balaban J connectivity index is 1.56. The molecule has 4 aromatic carbocycles. The van der Waals surface area contributed by atoms with Crippen LogP contribution in [0.3, 0.4) is 0 Å². The first-order valence-corrected chi connectivity index (χ1v) is 13.2. The van der Waals surface area contributed by atoms with Crippen LogP contribution in [-0.2, 0) is 4.79 Å². The Morgan fingerprint density at radius 3 is 1.98 bits per heavy atom. The number of amides is 2. The fourth-order valence-corrected chi connectivity index (χ4v) is 5.01. The first-order valence-electron chi connectivity index (χ1n) is 12.3. The number of hydrogen-bond donors (Lipinski definition) is 4. The van der Waals surface area contributed by atoms with Gasteiger partial charge in [0.1, 0.15) is 5.25 Å². The number of anilines is 2. The van der Waals surface area contributed by atoms with Crippen molar-refractivity contribution in [1.29, 1.82) is 0 Å². The Morgan fingerprint density at radius 2 is 1.34 bits per heavy atom. The number of ketones is 1. The number of thioether (sulfide) groups is 1. The quantitative estimate of drug-likeness (QED) is 0.134. The van der Waals surface area contributed by atoms with Gasteiger partial charge >= 0.3 is 11.9 Å². The lowest BCUT2D eigenvalue weighted by Crippen LogP contribution is -2.19. The monoisotopic (exact) mass is 568 g/mol. The number of Topliss-reactive ketones (excluding diaryl/α,β-unsaturated/α-hetero) is 1. The molecule has 0 spiro atoms. The van der Waals surface area contributed by atoms with E-state index in [2.05, 4.69) is 10.6 Å². The van der Waals surface area contributed by atoms with Crippen LogP contribution in [0.15, 0.2) is 102 Å². The minimum Gasteiger partial charge on any atom is -0.478 e. The van der Waals surface area contributed by atoms with E-state index in [1.54, 1.807) is 48.5 Å². The van der Waals surface area contributed by atoms with Gasteiger partial charge in [-0.2, -0.15) is 0 Å². The Bertz CT molecular complexity index is 1640. The summed E-state index contributed by atoms with van der Waals surface area (Å²) in [6, 6.07) is 25.7. The molecule has 0 aliphatic carbocycles. The Labute approximate surface area is 239 Å².